The van der Waals surface area contributed by atoms with Gasteiger partial charge in [0.25, 0.3) is 0 Å². The SMILES string of the molecule is C[C@@H](CC(C(=O)c1cccc(OC(F)(F)F)c1)(c1ccccc1)c1ccccc1)N(C)C. The van der Waals surface area contributed by atoms with Gasteiger partial charge in [-0.25, -0.2) is 0 Å². The lowest BCUT2D eigenvalue weighted by Crippen LogP contribution is -2.43. The lowest BCUT2D eigenvalue weighted by Gasteiger charge is -2.38. The fraction of sp³-hybridized carbons (Fsp3) is 0.269. The number of benzene rings is 3. The zero-order valence-corrected chi connectivity index (χ0v) is 18.3. The van der Waals surface area contributed by atoms with Crippen LogP contribution >= 0.6 is 0 Å². The van der Waals surface area contributed by atoms with Gasteiger partial charge < -0.3 is 9.64 Å². The Bertz CT molecular complexity index is 994. The van der Waals surface area contributed by atoms with Crippen molar-refractivity contribution < 1.29 is 22.7 Å². The highest BCUT2D eigenvalue weighted by atomic mass is 19.4. The Morgan fingerprint density at radius 2 is 1.41 bits per heavy atom. The Morgan fingerprint density at radius 3 is 1.88 bits per heavy atom. The molecule has 0 heterocycles. The molecule has 0 radical (unpaired) electrons. The average Bonchev–Trinajstić information content (AvgIpc) is 2.77. The molecule has 0 unspecified atom stereocenters. The van der Waals surface area contributed by atoms with E-state index in [0.717, 1.165) is 17.2 Å². The van der Waals surface area contributed by atoms with Crippen LogP contribution in [0.4, 0.5) is 13.2 Å². The zero-order valence-electron chi connectivity index (χ0n) is 18.3. The average molecular weight is 441 g/mol. The number of hydrogen-bond donors (Lipinski definition) is 0. The summed E-state index contributed by atoms with van der Waals surface area (Å²) in [5.74, 6) is -0.699. The van der Waals surface area contributed by atoms with Crippen molar-refractivity contribution in [2.75, 3.05) is 14.1 Å². The molecule has 0 amide bonds. The van der Waals surface area contributed by atoms with E-state index in [1.165, 1.54) is 18.2 Å². The highest BCUT2D eigenvalue weighted by molar-refractivity contribution is 6.06. The van der Waals surface area contributed by atoms with Gasteiger partial charge in [-0.1, -0.05) is 72.8 Å². The number of Topliss-reactive ketones (excluding diaryl/α,β-unsaturated/α-hetero) is 1. The molecule has 0 saturated heterocycles. The number of alkyl halides is 3. The third kappa shape index (κ3) is 5.19. The number of ether oxygens (including phenoxy) is 1. The van der Waals surface area contributed by atoms with E-state index in [-0.39, 0.29) is 17.4 Å². The molecule has 0 aliphatic rings. The first-order valence-corrected chi connectivity index (χ1v) is 10.3. The Hall–Kier alpha value is -3.12. The monoisotopic (exact) mass is 441 g/mol. The van der Waals surface area contributed by atoms with Crippen molar-refractivity contribution in [2.24, 2.45) is 0 Å². The number of rotatable bonds is 8. The highest BCUT2D eigenvalue weighted by Gasteiger charge is 2.44. The van der Waals surface area contributed by atoms with Crippen molar-refractivity contribution >= 4 is 5.78 Å². The fourth-order valence-corrected chi connectivity index (χ4v) is 3.91. The van der Waals surface area contributed by atoms with Crippen LogP contribution in [0, 0.1) is 0 Å². The van der Waals surface area contributed by atoms with Crippen LogP contribution in [0.15, 0.2) is 84.9 Å². The van der Waals surface area contributed by atoms with Crippen LogP contribution < -0.4 is 4.74 Å². The van der Waals surface area contributed by atoms with Gasteiger partial charge in [-0.15, -0.1) is 13.2 Å². The fourth-order valence-electron chi connectivity index (χ4n) is 3.91. The summed E-state index contributed by atoms with van der Waals surface area (Å²) < 4.78 is 42.4. The van der Waals surface area contributed by atoms with Crippen molar-refractivity contribution in [3.63, 3.8) is 0 Å². The Balaban J connectivity index is 2.22. The number of halogens is 3. The first kappa shape index (κ1) is 23.5. The molecule has 3 aromatic rings. The maximum Gasteiger partial charge on any atom is 0.573 e. The number of carbonyl (C=O) groups excluding carboxylic acids is 1. The van der Waals surface area contributed by atoms with Crippen LogP contribution in [-0.4, -0.2) is 37.2 Å². The van der Waals surface area contributed by atoms with Crippen molar-refractivity contribution in [1.82, 2.24) is 4.90 Å². The molecule has 3 nitrogen and oxygen atoms in total. The van der Waals surface area contributed by atoms with Gasteiger partial charge in [0.15, 0.2) is 5.78 Å². The molecule has 0 fully saturated rings. The third-order valence-electron chi connectivity index (χ3n) is 5.73. The van der Waals surface area contributed by atoms with Crippen LogP contribution in [0.5, 0.6) is 5.75 Å². The molecule has 3 aromatic carbocycles. The van der Waals surface area contributed by atoms with E-state index in [0.29, 0.717) is 6.42 Å². The smallest absolute Gasteiger partial charge is 0.406 e. The van der Waals surface area contributed by atoms with Gasteiger partial charge >= 0.3 is 6.36 Å². The minimum absolute atomic E-state index is 0.00831. The normalized spacial score (nSPS) is 13.1. The maximum atomic E-state index is 14.2. The molecular weight excluding hydrogens is 415 g/mol. The zero-order chi connectivity index (χ0) is 23.4. The molecule has 0 aliphatic heterocycles. The van der Waals surface area contributed by atoms with E-state index in [9.17, 15) is 18.0 Å². The van der Waals surface area contributed by atoms with E-state index in [1.54, 1.807) is 0 Å². The molecule has 0 saturated carbocycles. The molecule has 168 valence electrons. The first-order chi connectivity index (χ1) is 15.1. The van der Waals surface area contributed by atoms with Gasteiger partial charge in [-0.2, -0.15) is 0 Å². The summed E-state index contributed by atoms with van der Waals surface area (Å²) in [6.45, 7) is 2.02. The van der Waals surface area contributed by atoms with Gasteiger partial charge in [-0.3, -0.25) is 4.79 Å². The topological polar surface area (TPSA) is 29.5 Å². The van der Waals surface area contributed by atoms with Gasteiger partial charge in [0, 0.05) is 11.6 Å². The van der Waals surface area contributed by atoms with Gasteiger partial charge in [0.05, 0.1) is 5.41 Å². The molecule has 0 spiro atoms. The number of hydrogen-bond acceptors (Lipinski definition) is 3. The number of ketones is 1. The predicted molar refractivity (Wildman–Crippen MR) is 119 cm³/mol. The molecule has 3 rings (SSSR count). The Kier molecular flexibility index (Phi) is 7.04. The van der Waals surface area contributed by atoms with Gasteiger partial charge in [0.2, 0.25) is 0 Å². The Labute approximate surface area is 186 Å². The maximum absolute atomic E-state index is 14.2. The van der Waals surface area contributed by atoms with E-state index in [1.807, 2.05) is 86.6 Å². The summed E-state index contributed by atoms with van der Waals surface area (Å²) in [5.41, 5.74) is 0.632. The summed E-state index contributed by atoms with van der Waals surface area (Å²) in [7, 11) is 3.88. The molecule has 32 heavy (non-hydrogen) atoms. The molecular formula is C26H26F3NO2. The quantitative estimate of drug-likeness (QED) is 0.396. The van der Waals surface area contributed by atoms with Crippen molar-refractivity contribution in [3.05, 3.63) is 102 Å². The summed E-state index contributed by atoms with van der Waals surface area (Å²) in [6, 6.07) is 24.1. The Morgan fingerprint density at radius 1 is 0.875 bits per heavy atom. The van der Waals surface area contributed by atoms with Crippen molar-refractivity contribution in [1.29, 1.82) is 0 Å². The summed E-state index contributed by atoms with van der Waals surface area (Å²) in [6.07, 6.45) is -4.39. The lowest BCUT2D eigenvalue weighted by atomic mass is 9.66. The van der Waals surface area contributed by atoms with Crippen molar-refractivity contribution in [3.8, 4) is 5.75 Å². The van der Waals surface area contributed by atoms with E-state index < -0.39 is 17.5 Å². The van der Waals surface area contributed by atoms with Crippen LogP contribution in [-0.2, 0) is 5.41 Å². The minimum atomic E-state index is -4.84. The standard InChI is InChI=1S/C26H26F3NO2/c1-19(30(2)3)18-25(21-12-6-4-7-13-21,22-14-8-5-9-15-22)24(31)20-11-10-16-23(17-20)32-26(27,28)29/h4-17,19H,18H2,1-3H3/t19-/m0/s1. The minimum Gasteiger partial charge on any atom is -0.406 e. The number of carbonyl (C=O) groups is 1. The number of nitrogens with zero attached hydrogens (tertiary/aromatic N) is 1. The van der Waals surface area contributed by atoms with Crippen LogP contribution in [0.1, 0.15) is 34.8 Å². The van der Waals surface area contributed by atoms with E-state index >= 15 is 0 Å². The lowest BCUT2D eigenvalue weighted by molar-refractivity contribution is -0.274. The van der Waals surface area contributed by atoms with Gasteiger partial charge in [0.1, 0.15) is 5.75 Å². The van der Waals surface area contributed by atoms with Crippen LogP contribution in [0.2, 0.25) is 0 Å². The summed E-state index contributed by atoms with van der Waals surface area (Å²) in [4.78, 5) is 16.2. The first-order valence-electron chi connectivity index (χ1n) is 10.3. The largest absolute Gasteiger partial charge is 0.573 e. The molecule has 0 aromatic heterocycles. The second kappa shape index (κ2) is 9.57. The molecule has 0 aliphatic carbocycles. The molecule has 0 bridgehead atoms. The van der Waals surface area contributed by atoms with E-state index in [2.05, 4.69) is 4.74 Å². The summed E-state index contributed by atoms with van der Waals surface area (Å²) >= 11 is 0. The summed E-state index contributed by atoms with van der Waals surface area (Å²) in [5, 5.41) is 0. The molecule has 6 heteroatoms. The second-order valence-corrected chi connectivity index (χ2v) is 8.06. The van der Waals surface area contributed by atoms with Crippen molar-refractivity contribution in [2.45, 2.75) is 31.2 Å². The third-order valence-corrected chi connectivity index (χ3v) is 5.73. The molecule has 0 N–H and O–H groups in total. The van der Waals surface area contributed by atoms with Crippen LogP contribution in [0.3, 0.4) is 0 Å². The van der Waals surface area contributed by atoms with E-state index in [4.69, 9.17) is 0 Å². The highest BCUT2D eigenvalue weighted by Crippen LogP contribution is 2.41. The molecule has 1 atom stereocenters. The second-order valence-electron chi connectivity index (χ2n) is 8.06. The van der Waals surface area contributed by atoms with Gasteiger partial charge in [-0.05, 0) is 50.7 Å². The predicted octanol–water partition coefficient (Wildman–Crippen LogP) is 6.09. The van der Waals surface area contributed by atoms with Crippen LogP contribution in [0.25, 0.3) is 0 Å².